The minimum atomic E-state index is 0.373. The number of anilines is 1. The zero-order chi connectivity index (χ0) is 13.7. The molecule has 0 spiro atoms. The van der Waals surface area contributed by atoms with E-state index in [0.29, 0.717) is 28.9 Å². The van der Waals surface area contributed by atoms with Crippen molar-refractivity contribution in [2.24, 2.45) is 0 Å². The Morgan fingerprint density at radius 3 is 2.84 bits per heavy atom. The molecular weight excluding hydrogens is 282 g/mol. The molecule has 0 radical (unpaired) electrons. The predicted molar refractivity (Wildman–Crippen MR) is 81.0 cm³/mol. The summed E-state index contributed by atoms with van der Waals surface area (Å²) in [6, 6.07) is 1.77. The van der Waals surface area contributed by atoms with E-state index in [4.69, 9.17) is 16.3 Å². The number of aromatic nitrogens is 2. The average molecular weight is 302 g/mol. The molecule has 0 aliphatic heterocycles. The van der Waals surface area contributed by atoms with E-state index in [-0.39, 0.29) is 0 Å². The smallest absolute Gasteiger partial charge is 0.158 e. The van der Waals surface area contributed by atoms with E-state index >= 15 is 0 Å². The topological polar surface area (TPSA) is 47.0 Å². The molecule has 1 aromatic rings. The van der Waals surface area contributed by atoms with Crippen LogP contribution in [0.25, 0.3) is 0 Å². The Hall–Kier alpha value is -0.520. The van der Waals surface area contributed by atoms with E-state index in [1.54, 1.807) is 6.07 Å². The van der Waals surface area contributed by atoms with Gasteiger partial charge >= 0.3 is 0 Å². The molecule has 0 bridgehead atoms. The number of ether oxygens (including phenoxy) is 1. The zero-order valence-electron chi connectivity index (χ0n) is 11.4. The molecule has 1 fully saturated rings. The Morgan fingerprint density at radius 2 is 2.26 bits per heavy atom. The SMILES string of the molecule is CCOCc1nc(Cl)cc(NCC2(SC)CCC2)n1. The summed E-state index contributed by atoms with van der Waals surface area (Å²) in [5.74, 6) is 1.42. The monoisotopic (exact) mass is 301 g/mol. The largest absolute Gasteiger partial charge is 0.374 e. The van der Waals surface area contributed by atoms with Gasteiger partial charge in [-0.2, -0.15) is 11.8 Å². The van der Waals surface area contributed by atoms with Crippen LogP contribution in [-0.4, -0.2) is 34.1 Å². The molecule has 1 aliphatic rings. The van der Waals surface area contributed by atoms with Crippen molar-refractivity contribution in [1.82, 2.24) is 9.97 Å². The molecule has 0 amide bonds. The highest BCUT2D eigenvalue weighted by Crippen LogP contribution is 2.42. The molecule has 4 nitrogen and oxygen atoms in total. The molecule has 1 aliphatic carbocycles. The van der Waals surface area contributed by atoms with Crippen LogP contribution >= 0.6 is 23.4 Å². The molecule has 0 aromatic carbocycles. The summed E-state index contributed by atoms with van der Waals surface area (Å²) in [4.78, 5) is 8.58. The molecule has 0 atom stereocenters. The summed E-state index contributed by atoms with van der Waals surface area (Å²) in [6.07, 6.45) is 6.04. The second-order valence-corrected chi connectivity index (χ2v) is 6.39. The first-order valence-electron chi connectivity index (χ1n) is 6.58. The van der Waals surface area contributed by atoms with E-state index in [0.717, 1.165) is 12.4 Å². The van der Waals surface area contributed by atoms with Gasteiger partial charge in [-0.3, -0.25) is 0 Å². The van der Waals surface area contributed by atoms with Crippen LogP contribution in [0.2, 0.25) is 5.15 Å². The summed E-state index contributed by atoms with van der Waals surface area (Å²) in [6.45, 7) is 3.92. The number of thioether (sulfide) groups is 1. The van der Waals surface area contributed by atoms with E-state index in [1.165, 1.54) is 19.3 Å². The third kappa shape index (κ3) is 3.97. The van der Waals surface area contributed by atoms with Crippen LogP contribution < -0.4 is 5.32 Å². The number of hydrogen-bond acceptors (Lipinski definition) is 5. The lowest BCUT2D eigenvalue weighted by molar-refractivity contribution is 0.128. The highest BCUT2D eigenvalue weighted by molar-refractivity contribution is 8.00. The number of hydrogen-bond donors (Lipinski definition) is 1. The molecule has 6 heteroatoms. The molecule has 0 unspecified atom stereocenters. The molecule has 1 N–H and O–H groups in total. The number of nitrogens with zero attached hydrogens (tertiary/aromatic N) is 2. The molecule has 1 heterocycles. The summed E-state index contributed by atoms with van der Waals surface area (Å²) >= 11 is 7.95. The van der Waals surface area contributed by atoms with Crippen molar-refractivity contribution >= 4 is 29.2 Å². The van der Waals surface area contributed by atoms with Gasteiger partial charge in [0.25, 0.3) is 0 Å². The maximum Gasteiger partial charge on any atom is 0.158 e. The maximum atomic E-state index is 6.01. The van der Waals surface area contributed by atoms with Gasteiger partial charge in [-0.15, -0.1) is 0 Å². The minimum absolute atomic E-state index is 0.373. The molecule has 1 aromatic heterocycles. The molecule has 106 valence electrons. The first kappa shape index (κ1) is 14.9. The first-order chi connectivity index (χ1) is 9.17. The molecule has 0 saturated heterocycles. The minimum Gasteiger partial charge on any atom is -0.374 e. The van der Waals surface area contributed by atoms with Crippen LogP contribution in [0.3, 0.4) is 0 Å². The molecule has 19 heavy (non-hydrogen) atoms. The number of rotatable bonds is 7. The van der Waals surface area contributed by atoms with E-state index < -0.39 is 0 Å². The maximum absolute atomic E-state index is 6.01. The van der Waals surface area contributed by atoms with E-state index in [1.807, 2.05) is 18.7 Å². The van der Waals surface area contributed by atoms with Gasteiger partial charge < -0.3 is 10.1 Å². The third-order valence-electron chi connectivity index (χ3n) is 3.47. The normalized spacial score (nSPS) is 17.0. The third-order valence-corrected chi connectivity index (χ3v) is 5.08. The van der Waals surface area contributed by atoms with Crippen LogP contribution in [0, 0.1) is 0 Å². The Morgan fingerprint density at radius 1 is 1.47 bits per heavy atom. The predicted octanol–water partition coefficient (Wildman–Crippen LogP) is 3.36. The van der Waals surface area contributed by atoms with E-state index in [2.05, 4.69) is 21.5 Å². The van der Waals surface area contributed by atoms with Crippen LogP contribution in [0.4, 0.5) is 5.82 Å². The van der Waals surface area contributed by atoms with Crippen molar-refractivity contribution in [2.75, 3.05) is 24.7 Å². The summed E-state index contributed by atoms with van der Waals surface area (Å²) in [7, 11) is 0. The van der Waals surface area contributed by atoms with Gasteiger partial charge in [0.1, 0.15) is 17.6 Å². The zero-order valence-corrected chi connectivity index (χ0v) is 13.0. The van der Waals surface area contributed by atoms with Gasteiger partial charge in [0.15, 0.2) is 5.82 Å². The highest BCUT2D eigenvalue weighted by atomic mass is 35.5. The van der Waals surface area contributed by atoms with Crippen molar-refractivity contribution < 1.29 is 4.74 Å². The Balaban J connectivity index is 1.97. The fraction of sp³-hybridized carbons (Fsp3) is 0.692. The average Bonchev–Trinajstić information content (AvgIpc) is 2.35. The summed E-state index contributed by atoms with van der Waals surface area (Å²) in [5, 5.41) is 3.84. The van der Waals surface area contributed by atoms with Gasteiger partial charge in [0, 0.05) is 24.0 Å². The molecule has 2 rings (SSSR count). The van der Waals surface area contributed by atoms with Crippen molar-refractivity contribution in [3.63, 3.8) is 0 Å². The number of nitrogens with one attached hydrogen (secondary N) is 1. The quantitative estimate of drug-likeness (QED) is 0.783. The summed E-state index contributed by atoms with van der Waals surface area (Å²) < 4.78 is 5.69. The van der Waals surface area contributed by atoms with Crippen LogP contribution in [0.5, 0.6) is 0 Å². The van der Waals surface area contributed by atoms with Crippen LogP contribution in [0.15, 0.2) is 6.07 Å². The fourth-order valence-corrected chi connectivity index (χ4v) is 3.20. The highest BCUT2D eigenvalue weighted by Gasteiger charge is 2.35. The lowest BCUT2D eigenvalue weighted by atomic mass is 9.84. The van der Waals surface area contributed by atoms with Crippen molar-refractivity contribution in [1.29, 1.82) is 0 Å². The van der Waals surface area contributed by atoms with Crippen molar-refractivity contribution in [3.05, 3.63) is 17.0 Å². The lowest BCUT2D eigenvalue weighted by Crippen LogP contribution is -2.40. The van der Waals surface area contributed by atoms with Crippen molar-refractivity contribution in [2.45, 2.75) is 37.5 Å². The van der Waals surface area contributed by atoms with Gasteiger partial charge in [0.2, 0.25) is 0 Å². The van der Waals surface area contributed by atoms with Crippen LogP contribution in [-0.2, 0) is 11.3 Å². The van der Waals surface area contributed by atoms with Gasteiger partial charge in [-0.25, -0.2) is 9.97 Å². The summed E-state index contributed by atoms with van der Waals surface area (Å²) in [5.41, 5.74) is 0. The Labute approximate surface area is 123 Å². The molecular formula is C13H20ClN3OS. The van der Waals surface area contributed by atoms with Crippen LogP contribution in [0.1, 0.15) is 32.0 Å². The Bertz CT molecular complexity index is 421. The van der Waals surface area contributed by atoms with Crippen molar-refractivity contribution in [3.8, 4) is 0 Å². The van der Waals surface area contributed by atoms with Gasteiger partial charge in [-0.1, -0.05) is 18.0 Å². The fourth-order valence-electron chi connectivity index (χ4n) is 2.09. The first-order valence-corrected chi connectivity index (χ1v) is 8.18. The Kier molecular flexibility index (Phi) is 5.30. The second kappa shape index (κ2) is 6.77. The standard InChI is InChI=1S/C13H20ClN3OS/c1-3-18-8-12-16-10(14)7-11(17-12)15-9-13(19-2)5-4-6-13/h7H,3-6,8-9H2,1-2H3,(H,15,16,17). The molecule has 1 saturated carbocycles. The lowest BCUT2D eigenvalue weighted by Gasteiger charge is -2.40. The second-order valence-electron chi connectivity index (χ2n) is 4.72. The van der Waals surface area contributed by atoms with Gasteiger partial charge in [-0.05, 0) is 26.0 Å². The van der Waals surface area contributed by atoms with E-state index in [9.17, 15) is 0 Å². The number of halogens is 1. The van der Waals surface area contributed by atoms with Gasteiger partial charge in [0.05, 0.1) is 0 Å².